The normalized spacial score (nSPS) is 11.8. The largest absolute Gasteiger partial charge is 0.495 e. The van der Waals surface area contributed by atoms with Gasteiger partial charge in [-0.15, -0.1) is 5.11 Å². The lowest BCUT2D eigenvalue weighted by molar-refractivity contribution is -0.384. The van der Waals surface area contributed by atoms with E-state index >= 15 is 0 Å². The van der Waals surface area contributed by atoms with Gasteiger partial charge in [0.1, 0.15) is 5.75 Å². The fraction of sp³-hybridized carbons (Fsp3) is 0.176. The van der Waals surface area contributed by atoms with E-state index in [9.17, 15) is 19.7 Å². The van der Waals surface area contributed by atoms with E-state index in [1.165, 1.54) is 26.2 Å². The van der Waals surface area contributed by atoms with Crippen molar-refractivity contribution in [2.45, 2.75) is 13.0 Å². The van der Waals surface area contributed by atoms with E-state index in [-0.39, 0.29) is 10.7 Å². The van der Waals surface area contributed by atoms with E-state index in [0.29, 0.717) is 11.4 Å². The first kappa shape index (κ1) is 20.0. The van der Waals surface area contributed by atoms with Gasteiger partial charge in [-0.3, -0.25) is 19.7 Å². The predicted molar refractivity (Wildman–Crippen MR) is 98.7 cm³/mol. The summed E-state index contributed by atoms with van der Waals surface area (Å²) in [6.45, 7) is 1.17. The van der Waals surface area contributed by atoms with Gasteiger partial charge in [-0.1, -0.05) is 23.7 Å². The zero-order valence-electron chi connectivity index (χ0n) is 14.4. The van der Waals surface area contributed by atoms with Crippen LogP contribution in [0.5, 0.6) is 5.75 Å². The van der Waals surface area contributed by atoms with Gasteiger partial charge in [0.05, 0.1) is 17.7 Å². The average Bonchev–Trinajstić information content (AvgIpc) is 2.63. The lowest BCUT2D eigenvalue weighted by atomic mass is 10.2. The first-order valence-corrected chi connectivity index (χ1v) is 8.00. The van der Waals surface area contributed by atoms with Gasteiger partial charge >= 0.3 is 0 Å². The van der Waals surface area contributed by atoms with Crippen LogP contribution in [0, 0.1) is 10.1 Å². The van der Waals surface area contributed by atoms with Crippen molar-refractivity contribution in [2.24, 2.45) is 10.2 Å². The van der Waals surface area contributed by atoms with Crippen molar-refractivity contribution in [1.29, 1.82) is 0 Å². The van der Waals surface area contributed by atoms with Crippen LogP contribution in [0.1, 0.15) is 6.92 Å². The monoisotopic (exact) mass is 390 g/mol. The Morgan fingerprint density at radius 3 is 2.59 bits per heavy atom. The minimum atomic E-state index is -1.48. The Morgan fingerprint density at radius 2 is 1.96 bits per heavy atom. The summed E-state index contributed by atoms with van der Waals surface area (Å²) in [5.74, 6) is -0.923. The van der Waals surface area contributed by atoms with E-state index in [0.717, 1.165) is 6.07 Å². The molecule has 1 atom stereocenters. The van der Waals surface area contributed by atoms with Gasteiger partial charge in [-0.2, -0.15) is 5.11 Å². The molecule has 2 aromatic carbocycles. The van der Waals surface area contributed by atoms with E-state index < -0.39 is 28.3 Å². The van der Waals surface area contributed by atoms with Gasteiger partial charge in [0.25, 0.3) is 11.6 Å². The van der Waals surface area contributed by atoms with Gasteiger partial charge < -0.3 is 10.1 Å². The molecule has 0 aliphatic rings. The molecule has 27 heavy (non-hydrogen) atoms. The number of carbonyl (C=O) groups is 2. The molecule has 0 unspecified atom stereocenters. The van der Waals surface area contributed by atoms with Crippen molar-refractivity contribution in [3.8, 4) is 5.75 Å². The minimum Gasteiger partial charge on any atom is -0.495 e. The van der Waals surface area contributed by atoms with Crippen molar-refractivity contribution in [3.05, 3.63) is 57.6 Å². The molecule has 0 aliphatic heterocycles. The van der Waals surface area contributed by atoms with Crippen molar-refractivity contribution < 1.29 is 19.2 Å². The van der Waals surface area contributed by atoms with Crippen LogP contribution in [0.25, 0.3) is 0 Å². The van der Waals surface area contributed by atoms with Gasteiger partial charge in [0.2, 0.25) is 6.04 Å². The van der Waals surface area contributed by atoms with Crippen molar-refractivity contribution in [3.63, 3.8) is 0 Å². The van der Waals surface area contributed by atoms with E-state index in [4.69, 9.17) is 16.3 Å². The molecule has 0 spiro atoms. The summed E-state index contributed by atoms with van der Waals surface area (Å²) < 4.78 is 5.13. The van der Waals surface area contributed by atoms with Crippen LogP contribution < -0.4 is 10.1 Å². The summed E-state index contributed by atoms with van der Waals surface area (Å²) in [6, 6.07) is 8.92. The first-order valence-electron chi connectivity index (χ1n) is 7.62. The van der Waals surface area contributed by atoms with Crippen molar-refractivity contribution in [1.82, 2.24) is 0 Å². The summed E-state index contributed by atoms with van der Waals surface area (Å²) in [6.07, 6.45) is 0. The van der Waals surface area contributed by atoms with Gasteiger partial charge in [0.15, 0.2) is 11.5 Å². The molecule has 0 saturated carbocycles. The fourth-order valence-electron chi connectivity index (χ4n) is 2.11. The number of benzene rings is 2. The Labute approximate surface area is 159 Å². The Bertz CT molecular complexity index is 916. The highest BCUT2D eigenvalue weighted by atomic mass is 35.5. The molecule has 1 N–H and O–H groups in total. The standard InChI is InChI=1S/C17H15ClN4O5/c1-10(23)16(17(24)19-13-5-3-4-6-15(13)27-2)21-20-12-8-7-11(18)9-14(12)22(25)26/h3-9,16H,1-2H3,(H,19,24)/t16-/m0/s1. The third-order valence-corrected chi connectivity index (χ3v) is 3.65. The van der Waals surface area contributed by atoms with Gasteiger partial charge in [0, 0.05) is 11.1 Å². The second-order valence-corrected chi connectivity index (χ2v) is 5.74. The average molecular weight is 391 g/mol. The molecule has 0 aromatic heterocycles. The van der Waals surface area contributed by atoms with Gasteiger partial charge in [-0.25, -0.2) is 0 Å². The number of hydrogen-bond acceptors (Lipinski definition) is 7. The molecule has 0 saturated heterocycles. The number of ketones is 1. The minimum absolute atomic E-state index is 0.124. The number of nitrogens with zero attached hydrogens (tertiary/aromatic N) is 3. The SMILES string of the molecule is COc1ccccc1NC(=O)[C@@H](N=Nc1ccc(Cl)cc1[N+](=O)[O-])C(C)=O. The molecule has 0 bridgehead atoms. The highest BCUT2D eigenvalue weighted by Crippen LogP contribution is 2.31. The van der Waals surface area contributed by atoms with Crippen LogP contribution in [0.3, 0.4) is 0 Å². The number of nitrogens with one attached hydrogen (secondary N) is 1. The molecule has 1 amide bonds. The second-order valence-electron chi connectivity index (χ2n) is 5.31. The Hall–Kier alpha value is -3.33. The maximum Gasteiger partial charge on any atom is 0.298 e. The summed E-state index contributed by atoms with van der Waals surface area (Å²) in [5.41, 5.74) is -0.164. The molecule has 2 aromatic rings. The molecule has 0 fully saturated rings. The van der Waals surface area contributed by atoms with Crippen LogP contribution in [0.2, 0.25) is 5.02 Å². The van der Waals surface area contributed by atoms with Crippen LogP contribution in [0.4, 0.5) is 17.1 Å². The molecule has 9 nitrogen and oxygen atoms in total. The quantitative estimate of drug-likeness (QED) is 0.332. The maximum absolute atomic E-state index is 12.4. The molecule has 140 valence electrons. The van der Waals surface area contributed by atoms with E-state index in [1.807, 2.05) is 0 Å². The Balaban J connectivity index is 2.28. The number of ether oxygens (including phenoxy) is 1. The smallest absolute Gasteiger partial charge is 0.298 e. The number of methoxy groups -OCH3 is 1. The molecule has 0 aliphatic carbocycles. The summed E-state index contributed by atoms with van der Waals surface area (Å²) in [4.78, 5) is 34.6. The number of azo groups is 1. The molecular weight excluding hydrogens is 376 g/mol. The third kappa shape index (κ3) is 5.08. The number of hydrogen-bond donors (Lipinski definition) is 1. The number of rotatable bonds is 7. The lowest BCUT2D eigenvalue weighted by Crippen LogP contribution is -2.31. The number of para-hydroxylation sites is 2. The fourth-order valence-corrected chi connectivity index (χ4v) is 2.28. The Kier molecular flexibility index (Phi) is 6.56. The van der Waals surface area contributed by atoms with Crippen LogP contribution >= 0.6 is 11.6 Å². The highest BCUT2D eigenvalue weighted by molar-refractivity contribution is 6.30. The summed E-state index contributed by atoms with van der Waals surface area (Å²) >= 11 is 5.74. The number of carbonyl (C=O) groups excluding carboxylic acids is 2. The highest BCUT2D eigenvalue weighted by Gasteiger charge is 2.25. The zero-order chi connectivity index (χ0) is 20.0. The van der Waals surface area contributed by atoms with Crippen molar-refractivity contribution in [2.75, 3.05) is 12.4 Å². The number of nitro groups is 1. The molecule has 0 radical (unpaired) electrons. The summed E-state index contributed by atoms with van der Waals surface area (Å²) in [7, 11) is 1.44. The Morgan fingerprint density at radius 1 is 1.26 bits per heavy atom. The lowest BCUT2D eigenvalue weighted by Gasteiger charge is -2.12. The van der Waals surface area contributed by atoms with Crippen LogP contribution in [0.15, 0.2) is 52.7 Å². The second kappa shape index (κ2) is 8.86. The van der Waals surface area contributed by atoms with Crippen LogP contribution in [-0.4, -0.2) is 29.8 Å². The molecule has 2 rings (SSSR count). The zero-order valence-corrected chi connectivity index (χ0v) is 15.1. The maximum atomic E-state index is 12.4. The van der Waals surface area contributed by atoms with Gasteiger partial charge in [-0.05, 0) is 31.2 Å². The van der Waals surface area contributed by atoms with E-state index in [2.05, 4.69) is 15.5 Å². The first-order chi connectivity index (χ1) is 12.8. The molecule has 10 heteroatoms. The van der Waals surface area contributed by atoms with Crippen LogP contribution in [-0.2, 0) is 9.59 Å². The predicted octanol–water partition coefficient (Wildman–Crippen LogP) is 3.94. The molecular formula is C17H15ClN4O5. The molecule has 0 heterocycles. The number of Topliss-reactive ketones (excluding diaryl/α,β-unsaturated/α-hetero) is 1. The number of nitro benzene ring substituents is 1. The summed E-state index contributed by atoms with van der Waals surface area (Å²) in [5, 5.41) is 21.2. The van der Waals surface area contributed by atoms with E-state index in [1.54, 1.807) is 24.3 Å². The van der Waals surface area contributed by atoms with Crippen molar-refractivity contribution >= 4 is 40.4 Å². The topological polar surface area (TPSA) is 123 Å². The number of amides is 1. The number of anilines is 1. The number of halogens is 1. The third-order valence-electron chi connectivity index (χ3n) is 3.41.